The maximum absolute atomic E-state index is 12.3. The maximum atomic E-state index is 12.3. The van der Waals surface area contributed by atoms with Crippen molar-refractivity contribution in [2.24, 2.45) is 4.99 Å². The topological polar surface area (TPSA) is 51.1 Å². The Morgan fingerprint density at radius 2 is 1.93 bits per heavy atom. The Hall–Kier alpha value is -1.79. The quantitative estimate of drug-likeness (QED) is 0.536. The van der Waals surface area contributed by atoms with E-state index >= 15 is 0 Å². The summed E-state index contributed by atoms with van der Waals surface area (Å²) in [5.74, 6) is 0.702. The zero-order valence-electron chi connectivity index (χ0n) is 16.3. The number of amidine groups is 1. The summed E-state index contributed by atoms with van der Waals surface area (Å²) in [6.45, 7) is 8.55. The van der Waals surface area contributed by atoms with E-state index in [0.29, 0.717) is 4.91 Å². The predicted molar refractivity (Wildman–Crippen MR) is 111 cm³/mol. The van der Waals surface area contributed by atoms with Crippen LogP contribution >= 0.6 is 11.8 Å². The summed E-state index contributed by atoms with van der Waals surface area (Å²) >= 11 is 1.45. The van der Waals surface area contributed by atoms with Crippen LogP contribution in [-0.4, -0.2) is 47.9 Å². The summed E-state index contributed by atoms with van der Waals surface area (Å²) in [6, 6.07) is 7.87. The molecule has 27 heavy (non-hydrogen) atoms. The van der Waals surface area contributed by atoms with E-state index < -0.39 is 0 Å². The van der Waals surface area contributed by atoms with E-state index in [1.807, 2.05) is 44.2 Å². The van der Waals surface area contributed by atoms with Gasteiger partial charge in [0.25, 0.3) is 5.91 Å². The fourth-order valence-electron chi connectivity index (χ4n) is 3.22. The molecule has 5 nitrogen and oxygen atoms in total. The number of hydrogen-bond acceptors (Lipinski definition) is 5. The van der Waals surface area contributed by atoms with Gasteiger partial charge in [0.2, 0.25) is 0 Å². The minimum absolute atomic E-state index is 0.144. The Kier molecular flexibility index (Phi) is 6.96. The molecular weight excluding hydrogens is 360 g/mol. The van der Waals surface area contributed by atoms with Gasteiger partial charge in [-0.15, -0.1) is 0 Å². The molecule has 0 aromatic heterocycles. The van der Waals surface area contributed by atoms with Crippen molar-refractivity contribution in [3.05, 3.63) is 34.7 Å². The summed E-state index contributed by atoms with van der Waals surface area (Å²) < 4.78 is 11.5. The van der Waals surface area contributed by atoms with Crippen LogP contribution in [0.5, 0.6) is 5.75 Å². The summed E-state index contributed by atoms with van der Waals surface area (Å²) in [4.78, 5) is 19.4. The highest BCUT2D eigenvalue weighted by atomic mass is 32.2. The van der Waals surface area contributed by atoms with E-state index in [2.05, 4.69) is 16.8 Å². The minimum atomic E-state index is -0.165. The molecule has 2 atom stereocenters. The molecule has 1 saturated heterocycles. The van der Waals surface area contributed by atoms with Crippen LogP contribution in [0.3, 0.4) is 0 Å². The van der Waals surface area contributed by atoms with E-state index in [9.17, 15) is 4.79 Å². The smallest absolute Gasteiger partial charge is 0.286 e. The minimum Gasteiger partial charge on any atom is -0.494 e. The van der Waals surface area contributed by atoms with Crippen LogP contribution in [0.2, 0.25) is 0 Å². The summed E-state index contributed by atoms with van der Waals surface area (Å²) in [5, 5.41) is 0.782. The molecule has 6 heteroatoms. The number of nitrogens with zero attached hydrogens (tertiary/aromatic N) is 2. The second kappa shape index (κ2) is 9.42. The first-order valence-corrected chi connectivity index (χ1v) is 10.5. The van der Waals surface area contributed by atoms with Crippen molar-refractivity contribution in [3.63, 3.8) is 0 Å². The summed E-state index contributed by atoms with van der Waals surface area (Å²) in [5.41, 5.74) is 0.979. The van der Waals surface area contributed by atoms with Crippen molar-refractivity contribution < 1.29 is 14.3 Å². The molecule has 0 spiro atoms. The number of amides is 1. The number of carbonyl (C=O) groups excluding carboxylic acids is 1. The standard InChI is InChI=1S/C21H28N2O3S/c1-4-5-6-11-25-18-9-7-17(8-10-18)12-19-20(24)22-21(27-19)23-13-15(2)26-16(3)14-23/h7-10,12,15-16H,4-6,11,13-14H2,1-3H3/b19-12+/t15-,16+. The Morgan fingerprint density at radius 1 is 1.22 bits per heavy atom. The number of rotatable bonds is 6. The molecule has 0 radical (unpaired) electrons. The van der Waals surface area contributed by atoms with Crippen molar-refractivity contribution >= 4 is 28.9 Å². The van der Waals surface area contributed by atoms with Gasteiger partial charge in [0.15, 0.2) is 5.17 Å². The van der Waals surface area contributed by atoms with Crippen LogP contribution in [-0.2, 0) is 9.53 Å². The van der Waals surface area contributed by atoms with Gasteiger partial charge in [-0.1, -0.05) is 31.9 Å². The van der Waals surface area contributed by atoms with Crippen molar-refractivity contribution in [1.29, 1.82) is 0 Å². The molecule has 3 rings (SSSR count). The number of ether oxygens (including phenoxy) is 2. The fourth-order valence-corrected chi connectivity index (χ4v) is 4.15. The van der Waals surface area contributed by atoms with Gasteiger partial charge in [-0.2, -0.15) is 4.99 Å². The maximum Gasteiger partial charge on any atom is 0.286 e. The van der Waals surface area contributed by atoms with Crippen LogP contribution in [0.4, 0.5) is 0 Å². The van der Waals surface area contributed by atoms with Gasteiger partial charge in [0, 0.05) is 13.1 Å². The van der Waals surface area contributed by atoms with Gasteiger partial charge in [0.05, 0.1) is 23.7 Å². The molecule has 2 aliphatic rings. The lowest BCUT2D eigenvalue weighted by atomic mass is 10.2. The van der Waals surface area contributed by atoms with E-state index in [-0.39, 0.29) is 18.1 Å². The number of hydrogen-bond donors (Lipinski definition) is 0. The third-order valence-corrected chi connectivity index (χ3v) is 5.54. The second-order valence-corrected chi connectivity index (χ2v) is 8.11. The molecule has 1 aromatic rings. The van der Waals surface area contributed by atoms with Crippen LogP contribution in [0, 0.1) is 0 Å². The molecule has 2 heterocycles. The average Bonchev–Trinajstić information content (AvgIpc) is 3.00. The lowest BCUT2D eigenvalue weighted by Gasteiger charge is -2.35. The number of morpholine rings is 1. The highest BCUT2D eigenvalue weighted by Gasteiger charge is 2.30. The molecule has 146 valence electrons. The first-order chi connectivity index (χ1) is 13.0. The predicted octanol–water partition coefficient (Wildman–Crippen LogP) is 4.34. The van der Waals surface area contributed by atoms with Gasteiger partial charge in [-0.25, -0.2) is 0 Å². The monoisotopic (exact) mass is 388 g/mol. The highest BCUT2D eigenvalue weighted by Crippen LogP contribution is 2.31. The summed E-state index contributed by atoms with van der Waals surface area (Å²) in [7, 11) is 0. The highest BCUT2D eigenvalue weighted by molar-refractivity contribution is 8.18. The van der Waals surface area contributed by atoms with Gasteiger partial charge < -0.3 is 14.4 Å². The Labute approximate surface area is 165 Å². The van der Waals surface area contributed by atoms with E-state index in [1.165, 1.54) is 24.6 Å². The Bertz CT molecular complexity index is 705. The lowest BCUT2D eigenvalue weighted by Crippen LogP contribution is -2.47. The average molecular weight is 389 g/mol. The molecule has 1 fully saturated rings. The molecule has 0 unspecified atom stereocenters. The third-order valence-electron chi connectivity index (χ3n) is 4.49. The number of carbonyl (C=O) groups is 1. The fraction of sp³-hybridized carbons (Fsp3) is 0.524. The normalized spacial score (nSPS) is 24.4. The zero-order valence-corrected chi connectivity index (χ0v) is 17.1. The van der Waals surface area contributed by atoms with Gasteiger partial charge in [-0.3, -0.25) is 4.79 Å². The Balaban J connectivity index is 1.59. The zero-order chi connectivity index (χ0) is 19.2. The number of benzene rings is 1. The van der Waals surface area contributed by atoms with Gasteiger partial charge >= 0.3 is 0 Å². The van der Waals surface area contributed by atoms with Gasteiger partial charge in [0.1, 0.15) is 5.75 Å². The second-order valence-electron chi connectivity index (χ2n) is 7.10. The summed E-state index contributed by atoms with van der Waals surface area (Å²) in [6.07, 6.45) is 5.64. The molecule has 2 aliphatic heterocycles. The van der Waals surface area contributed by atoms with Crippen molar-refractivity contribution in [2.45, 2.75) is 52.2 Å². The number of unbranched alkanes of at least 4 members (excludes halogenated alkanes) is 2. The largest absolute Gasteiger partial charge is 0.494 e. The Morgan fingerprint density at radius 3 is 2.59 bits per heavy atom. The van der Waals surface area contributed by atoms with E-state index in [0.717, 1.165) is 42.6 Å². The SMILES string of the molecule is CCCCCOc1ccc(/C=C2/SC(N3C[C@@H](C)O[C@@H](C)C3)=NC2=O)cc1. The first kappa shape index (κ1) is 20.0. The lowest BCUT2D eigenvalue weighted by molar-refractivity contribution is -0.113. The molecule has 0 N–H and O–H groups in total. The van der Waals surface area contributed by atoms with Crippen molar-refractivity contribution in [1.82, 2.24) is 4.90 Å². The number of aliphatic imine (C=N–C) groups is 1. The van der Waals surface area contributed by atoms with Gasteiger partial charge in [-0.05, 0) is 55.8 Å². The number of thioether (sulfide) groups is 1. The van der Waals surface area contributed by atoms with Crippen LogP contribution in [0.1, 0.15) is 45.6 Å². The van der Waals surface area contributed by atoms with E-state index in [1.54, 1.807) is 0 Å². The molecule has 0 saturated carbocycles. The third kappa shape index (κ3) is 5.59. The molecule has 1 aromatic carbocycles. The van der Waals surface area contributed by atoms with Crippen molar-refractivity contribution in [3.8, 4) is 5.75 Å². The van der Waals surface area contributed by atoms with Crippen molar-refractivity contribution in [2.75, 3.05) is 19.7 Å². The molecule has 0 aliphatic carbocycles. The van der Waals surface area contributed by atoms with Crippen LogP contribution < -0.4 is 4.74 Å². The van der Waals surface area contributed by atoms with Crippen LogP contribution in [0.15, 0.2) is 34.2 Å². The molecular formula is C21H28N2O3S. The van der Waals surface area contributed by atoms with E-state index in [4.69, 9.17) is 9.47 Å². The molecule has 0 bridgehead atoms. The molecule has 1 amide bonds. The van der Waals surface area contributed by atoms with Crippen LogP contribution in [0.25, 0.3) is 6.08 Å². The first-order valence-electron chi connectivity index (χ1n) is 9.71.